The first-order valence-corrected chi connectivity index (χ1v) is 7.79. The topological polar surface area (TPSA) is 35.8 Å². The van der Waals surface area contributed by atoms with Gasteiger partial charge in [-0.05, 0) is 56.6 Å². The Labute approximate surface area is 123 Å². The van der Waals surface area contributed by atoms with Crippen molar-refractivity contribution in [2.45, 2.75) is 58.4 Å². The standard InChI is InChI=1S/C18H26N2/c1-14(2)11-16-5-4-10-18(12-16,13-19)20-17-8-6-15(3)7-9-17/h6-9,14,16,20H,4-5,10-12H2,1-3H3. The highest BCUT2D eigenvalue weighted by atomic mass is 15.0. The molecule has 2 rings (SSSR count). The molecule has 1 aromatic carbocycles. The van der Waals surface area contributed by atoms with Crippen LogP contribution in [-0.2, 0) is 0 Å². The lowest BCUT2D eigenvalue weighted by atomic mass is 9.73. The Morgan fingerprint density at radius 2 is 2.05 bits per heavy atom. The molecule has 2 nitrogen and oxygen atoms in total. The Kier molecular flexibility index (Phi) is 4.70. The molecule has 0 radical (unpaired) electrons. The van der Waals surface area contributed by atoms with Crippen molar-refractivity contribution in [2.75, 3.05) is 5.32 Å². The lowest BCUT2D eigenvalue weighted by molar-refractivity contribution is 0.254. The SMILES string of the molecule is Cc1ccc(NC2(C#N)CCCC(CC(C)C)C2)cc1. The summed E-state index contributed by atoms with van der Waals surface area (Å²) in [6.07, 6.45) is 5.61. The number of nitrogens with one attached hydrogen (secondary N) is 1. The Morgan fingerprint density at radius 3 is 2.65 bits per heavy atom. The van der Waals surface area contributed by atoms with E-state index in [1.165, 1.54) is 18.4 Å². The molecular weight excluding hydrogens is 244 g/mol. The first-order chi connectivity index (χ1) is 9.53. The summed E-state index contributed by atoms with van der Waals surface area (Å²) in [5.74, 6) is 1.40. The summed E-state index contributed by atoms with van der Waals surface area (Å²) >= 11 is 0. The van der Waals surface area contributed by atoms with Gasteiger partial charge in [0.15, 0.2) is 0 Å². The van der Waals surface area contributed by atoms with Crippen LogP contribution in [-0.4, -0.2) is 5.54 Å². The highest BCUT2D eigenvalue weighted by Crippen LogP contribution is 2.37. The van der Waals surface area contributed by atoms with E-state index in [4.69, 9.17) is 0 Å². The fraction of sp³-hybridized carbons (Fsp3) is 0.611. The van der Waals surface area contributed by atoms with E-state index in [-0.39, 0.29) is 5.54 Å². The molecule has 1 N–H and O–H groups in total. The Balaban J connectivity index is 2.08. The van der Waals surface area contributed by atoms with Crippen LogP contribution in [0.1, 0.15) is 51.5 Å². The summed E-state index contributed by atoms with van der Waals surface area (Å²) in [4.78, 5) is 0. The molecule has 0 bridgehead atoms. The van der Waals surface area contributed by atoms with Gasteiger partial charge in [0.1, 0.15) is 5.54 Å². The smallest absolute Gasteiger partial charge is 0.125 e. The molecule has 1 aliphatic carbocycles. The molecule has 1 aliphatic rings. The molecule has 2 unspecified atom stereocenters. The van der Waals surface area contributed by atoms with E-state index in [9.17, 15) is 5.26 Å². The minimum Gasteiger partial charge on any atom is -0.367 e. The summed E-state index contributed by atoms with van der Waals surface area (Å²) in [6, 6.07) is 10.9. The minimum atomic E-state index is -0.368. The molecule has 2 atom stereocenters. The highest BCUT2D eigenvalue weighted by molar-refractivity contribution is 5.49. The molecule has 0 aliphatic heterocycles. The molecule has 1 aromatic rings. The summed E-state index contributed by atoms with van der Waals surface area (Å²) in [5, 5.41) is 13.2. The quantitative estimate of drug-likeness (QED) is 0.844. The zero-order chi connectivity index (χ0) is 14.6. The van der Waals surface area contributed by atoms with Gasteiger partial charge in [0.25, 0.3) is 0 Å². The van der Waals surface area contributed by atoms with Gasteiger partial charge in [-0.15, -0.1) is 0 Å². The van der Waals surface area contributed by atoms with E-state index in [2.05, 4.69) is 56.4 Å². The predicted octanol–water partition coefficient (Wildman–Crippen LogP) is 4.91. The van der Waals surface area contributed by atoms with Gasteiger partial charge in [-0.25, -0.2) is 0 Å². The lowest BCUT2D eigenvalue weighted by Crippen LogP contribution is -2.41. The van der Waals surface area contributed by atoms with Gasteiger partial charge in [-0.1, -0.05) is 38.0 Å². The van der Waals surface area contributed by atoms with Gasteiger partial charge in [0.2, 0.25) is 0 Å². The molecular formula is C18H26N2. The highest BCUT2D eigenvalue weighted by Gasteiger charge is 2.36. The Bertz CT molecular complexity index is 469. The fourth-order valence-electron chi connectivity index (χ4n) is 3.41. The van der Waals surface area contributed by atoms with E-state index in [0.717, 1.165) is 24.9 Å². The van der Waals surface area contributed by atoms with E-state index in [1.807, 2.05) is 0 Å². The van der Waals surface area contributed by atoms with Gasteiger partial charge in [-0.3, -0.25) is 0 Å². The van der Waals surface area contributed by atoms with Crippen LogP contribution in [0.4, 0.5) is 5.69 Å². The molecule has 0 saturated heterocycles. The van der Waals surface area contributed by atoms with Crippen molar-refractivity contribution in [2.24, 2.45) is 11.8 Å². The second-order valence-corrected chi connectivity index (χ2v) is 6.78. The second-order valence-electron chi connectivity index (χ2n) is 6.78. The third-order valence-electron chi connectivity index (χ3n) is 4.31. The van der Waals surface area contributed by atoms with Crippen molar-refractivity contribution < 1.29 is 0 Å². The first-order valence-electron chi connectivity index (χ1n) is 7.79. The van der Waals surface area contributed by atoms with E-state index < -0.39 is 0 Å². The zero-order valence-electron chi connectivity index (χ0n) is 12.9. The number of aryl methyl sites for hydroxylation is 1. The average Bonchev–Trinajstić information content (AvgIpc) is 2.41. The summed E-state index contributed by atoms with van der Waals surface area (Å²) < 4.78 is 0. The fourth-order valence-corrected chi connectivity index (χ4v) is 3.41. The predicted molar refractivity (Wildman–Crippen MR) is 84.6 cm³/mol. The molecule has 1 saturated carbocycles. The average molecular weight is 270 g/mol. The van der Waals surface area contributed by atoms with Gasteiger partial charge in [-0.2, -0.15) is 5.26 Å². The number of nitriles is 1. The lowest BCUT2D eigenvalue weighted by Gasteiger charge is -2.37. The van der Waals surface area contributed by atoms with Crippen LogP contribution in [0.2, 0.25) is 0 Å². The van der Waals surface area contributed by atoms with Crippen LogP contribution in [0.5, 0.6) is 0 Å². The normalized spacial score (nSPS) is 26.2. The van der Waals surface area contributed by atoms with Crippen molar-refractivity contribution in [1.29, 1.82) is 5.26 Å². The maximum atomic E-state index is 9.70. The molecule has 2 heteroatoms. The Hall–Kier alpha value is -1.49. The van der Waals surface area contributed by atoms with Crippen LogP contribution in [0.15, 0.2) is 24.3 Å². The number of rotatable bonds is 4. The van der Waals surface area contributed by atoms with Crippen molar-refractivity contribution >= 4 is 5.69 Å². The molecule has 0 aromatic heterocycles. The van der Waals surface area contributed by atoms with Crippen LogP contribution in [0.25, 0.3) is 0 Å². The van der Waals surface area contributed by atoms with Crippen molar-refractivity contribution in [3.05, 3.63) is 29.8 Å². The third-order valence-corrected chi connectivity index (χ3v) is 4.31. The van der Waals surface area contributed by atoms with Crippen LogP contribution in [0, 0.1) is 30.1 Å². The molecule has 0 spiro atoms. The summed E-state index contributed by atoms with van der Waals surface area (Å²) in [5.41, 5.74) is 1.96. The van der Waals surface area contributed by atoms with E-state index >= 15 is 0 Å². The first kappa shape index (κ1) is 14.9. The largest absolute Gasteiger partial charge is 0.367 e. The van der Waals surface area contributed by atoms with Crippen LogP contribution < -0.4 is 5.32 Å². The van der Waals surface area contributed by atoms with Gasteiger partial charge < -0.3 is 5.32 Å². The number of anilines is 1. The zero-order valence-corrected chi connectivity index (χ0v) is 12.9. The van der Waals surface area contributed by atoms with E-state index in [0.29, 0.717) is 11.8 Å². The van der Waals surface area contributed by atoms with Crippen molar-refractivity contribution in [1.82, 2.24) is 0 Å². The minimum absolute atomic E-state index is 0.368. The monoisotopic (exact) mass is 270 g/mol. The van der Waals surface area contributed by atoms with Gasteiger partial charge >= 0.3 is 0 Å². The number of hydrogen-bond donors (Lipinski definition) is 1. The maximum absolute atomic E-state index is 9.70. The molecule has 20 heavy (non-hydrogen) atoms. The molecule has 108 valence electrons. The van der Waals surface area contributed by atoms with Crippen LogP contribution >= 0.6 is 0 Å². The van der Waals surface area contributed by atoms with Crippen molar-refractivity contribution in [3.63, 3.8) is 0 Å². The Morgan fingerprint density at radius 1 is 1.35 bits per heavy atom. The van der Waals surface area contributed by atoms with Crippen LogP contribution in [0.3, 0.4) is 0 Å². The van der Waals surface area contributed by atoms with Gasteiger partial charge in [0.05, 0.1) is 6.07 Å². The summed E-state index contributed by atoms with van der Waals surface area (Å²) in [6.45, 7) is 6.63. The number of benzene rings is 1. The second kappa shape index (κ2) is 6.31. The van der Waals surface area contributed by atoms with E-state index in [1.54, 1.807) is 0 Å². The number of hydrogen-bond acceptors (Lipinski definition) is 2. The number of nitrogens with zero attached hydrogens (tertiary/aromatic N) is 1. The molecule has 1 fully saturated rings. The van der Waals surface area contributed by atoms with Crippen molar-refractivity contribution in [3.8, 4) is 6.07 Å². The van der Waals surface area contributed by atoms with Gasteiger partial charge in [0, 0.05) is 5.69 Å². The third kappa shape index (κ3) is 3.76. The summed E-state index contributed by atoms with van der Waals surface area (Å²) in [7, 11) is 0. The molecule has 0 heterocycles. The maximum Gasteiger partial charge on any atom is 0.125 e. The molecule has 0 amide bonds.